The van der Waals surface area contributed by atoms with Crippen molar-refractivity contribution in [2.75, 3.05) is 18.5 Å². The van der Waals surface area contributed by atoms with Gasteiger partial charge in [0, 0.05) is 19.3 Å². The van der Waals surface area contributed by atoms with Gasteiger partial charge in [0.15, 0.2) is 0 Å². The van der Waals surface area contributed by atoms with E-state index in [1.807, 2.05) is 18.2 Å². The molecule has 0 aromatic carbocycles. The van der Waals surface area contributed by atoms with E-state index in [-0.39, 0.29) is 6.61 Å². The summed E-state index contributed by atoms with van der Waals surface area (Å²) in [5, 5.41) is 11.9. The van der Waals surface area contributed by atoms with E-state index in [4.69, 9.17) is 5.11 Å². The van der Waals surface area contributed by atoms with Crippen molar-refractivity contribution in [3.8, 4) is 0 Å². The van der Waals surface area contributed by atoms with Crippen molar-refractivity contribution < 1.29 is 5.11 Å². The molecular formula is C10H16N2O. The Morgan fingerprint density at radius 2 is 2.38 bits per heavy atom. The largest absolute Gasteiger partial charge is 0.396 e. The highest BCUT2D eigenvalue weighted by atomic mass is 16.3. The summed E-state index contributed by atoms with van der Waals surface area (Å²) >= 11 is 0. The molecular weight excluding hydrogens is 164 g/mol. The molecule has 13 heavy (non-hydrogen) atoms. The topological polar surface area (TPSA) is 45.1 Å². The van der Waals surface area contributed by atoms with E-state index in [0.29, 0.717) is 5.92 Å². The quantitative estimate of drug-likeness (QED) is 0.722. The summed E-state index contributed by atoms with van der Waals surface area (Å²) in [7, 11) is 0. The fraction of sp³-hybridized carbons (Fsp3) is 0.500. The number of nitrogens with one attached hydrogen (secondary N) is 1. The smallest absolute Gasteiger partial charge is 0.125 e. The number of hydrogen-bond donors (Lipinski definition) is 2. The lowest BCUT2D eigenvalue weighted by Crippen LogP contribution is -2.13. The molecule has 0 saturated heterocycles. The molecule has 1 unspecified atom stereocenters. The minimum atomic E-state index is 0.255. The number of pyridine rings is 1. The van der Waals surface area contributed by atoms with Gasteiger partial charge >= 0.3 is 0 Å². The molecule has 0 radical (unpaired) electrons. The van der Waals surface area contributed by atoms with Crippen LogP contribution in [0, 0.1) is 5.92 Å². The van der Waals surface area contributed by atoms with Crippen LogP contribution in [0.4, 0.5) is 5.82 Å². The molecule has 0 spiro atoms. The van der Waals surface area contributed by atoms with Crippen molar-refractivity contribution in [1.29, 1.82) is 0 Å². The Morgan fingerprint density at radius 1 is 1.54 bits per heavy atom. The maximum atomic E-state index is 8.69. The van der Waals surface area contributed by atoms with Crippen LogP contribution in [0.15, 0.2) is 24.4 Å². The Bertz CT molecular complexity index is 226. The molecule has 1 aromatic rings. The lowest BCUT2D eigenvalue weighted by molar-refractivity contribution is 0.266. The first-order valence-electron chi connectivity index (χ1n) is 4.58. The van der Waals surface area contributed by atoms with Crippen molar-refractivity contribution in [3.63, 3.8) is 0 Å². The zero-order valence-corrected chi connectivity index (χ0v) is 7.90. The van der Waals surface area contributed by atoms with Crippen molar-refractivity contribution in [2.24, 2.45) is 5.92 Å². The molecule has 3 nitrogen and oxygen atoms in total. The molecule has 0 aliphatic heterocycles. The van der Waals surface area contributed by atoms with Crippen LogP contribution in [0.2, 0.25) is 0 Å². The van der Waals surface area contributed by atoms with Gasteiger partial charge < -0.3 is 10.4 Å². The number of rotatable bonds is 5. The maximum absolute atomic E-state index is 8.69. The molecule has 0 amide bonds. The monoisotopic (exact) mass is 180 g/mol. The van der Waals surface area contributed by atoms with Crippen LogP contribution in [-0.2, 0) is 0 Å². The van der Waals surface area contributed by atoms with Crippen molar-refractivity contribution in [2.45, 2.75) is 13.3 Å². The first kappa shape index (κ1) is 9.99. The standard InChI is InChI=1S/C10H16N2O/c1-9(5-7-13)8-12-10-4-2-3-6-11-10/h2-4,6,9,13H,5,7-8H2,1H3,(H,11,12). The Hall–Kier alpha value is -1.09. The number of aromatic nitrogens is 1. The summed E-state index contributed by atoms with van der Waals surface area (Å²) in [5.41, 5.74) is 0. The molecule has 1 aromatic heterocycles. The van der Waals surface area contributed by atoms with Crippen molar-refractivity contribution >= 4 is 5.82 Å². The Kier molecular flexibility index (Phi) is 4.26. The highest BCUT2D eigenvalue weighted by Gasteiger charge is 2.00. The molecule has 1 atom stereocenters. The third-order valence-corrected chi connectivity index (χ3v) is 1.92. The van der Waals surface area contributed by atoms with Gasteiger partial charge in [0.05, 0.1) is 0 Å². The van der Waals surface area contributed by atoms with Gasteiger partial charge in [-0.2, -0.15) is 0 Å². The molecule has 2 N–H and O–H groups in total. The predicted octanol–water partition coefficient (Wildman–Crippen LogP) is 1.51. The zero-order valence-electron chi connectivity index (χ0n) is 7.90. The van der Waals surface area contributed by atoms with Crippen LogP contribution >= 0.6 is 0 Å². The van der Waals surface area contributed by atoms with Crippen LogP contribution in [0.1, 0.15) is 13.3 Å². The second kappa shape index (κ2) is 5.54. The third-order valence-electron chi connectivity index (χ3n) is 1.92. The van der Waals surface area contributed by atoms with Crippen LogP contribution < -0.4 is 5.32 Å². The van der Waals surface area contributed by atoms with Crippen molar-refractivity contribution in [1.82, 2.24) is 4.98 Å². The molecule has 72 valence electrons. The average molecular weight is 180 g/mol. The van der Waals surface area contributed by atoms with Crippen LogP contribution in [0.25, 0.3) is 0 Å². The van der Waals surface area contributed by atoms with Crippen LogP contribution in [0.3, 0.4) is 0 Å². The summed E-state index contributed by atoms with van der Waals surface area (Å²) < 4.78 is 0. The molecule has 0 saturated carbocycles. The Labute approximate surface area is 78.8 Å². The maximum Gasteiger partial charge on any atom is 0.125 e. The SMILES string of the molecule is CC(CCO)CNc1ccccn1. The van der Waals surface area contributed by atoms with E-state index in [9.17, 15) is 0 Å². The van der Waals surface area contributed by atoms with E-state index in [1.54, 1.807) is 6.20 Å². The van der Waals surface area contributed by atoms with E-state index in [0.717, 1.165) is 18.8 Å². The van der Waals surface area contributed by atoms with Crippen molar-refractivity contribution in [3.05, 3.63) is 24.4 Å². The zero-order chi connectivity index (χ0) is 9.52. The second-order valence-corrected chi connectivity index (χ2v) is 3.21. The normalized spacial score (nSPS) is 12.5. The van der Waals surface area contributed by atoms with Gasteiger partial charge in [-0.3, -0.25) is 0 Å². The van der Waals surface area contributed by atoms with Gasteiger partial charge in [-0.05, 0) is 24.5 Å². The van der Waals surface area contributed by atoms with E-state index < -0.39 is 0 Å². The Balaban J connectivity index is 2.27. The number of aliphatic hydroxyl groups excluding tert-OH is 1. The number of nitrogens with zero attached hydrogens (tertiary/aromatic N) is 1. The van der Waals surface area contributed by atoms with Crippen LogP contribution in [0.5, 0.6) is 0 Å². The van der Waals surface area contributed by atoms with Gasteiger partial charge in [-0.15, -0.1) is 0 Å². The minimum Gasteiger partial charge on any atom is -0.396 e. The van der Waals surface area contributed by atoms with Gasteiger partial charge in [0.1, 0.15) is 5.82 Å². The van der Waals surface area contributed by atoms with Gasteiger partial charge in [-0.25, -0.2) is 4.98 Å². The Morgan fingerprint density at radius 3 is 3.00 bits per heavy atom. The summed E-state index contributed by atoms with van der Waals surface area (Å²) in [5.74, 6) is 1.37. The molecule has 0 aliphatic rings. The lowest BCUT2D eigenvalue weighted by Gasteiger charge is -2.10. The fourth-order valence-corrected chi connectivity index (χ4v) is 1.07. The second-order valence-electron chi connectivity index (χ2n) is 3.21. The first-order valence-corrected chi connectivity index (χ1v) is 4.58. The molecule has 1 rings (SSSR count). The number of anilines is 1. The minimum absolute atomic E-state index is 0.255. The molecule has 1 heterocycles. The first-order chi connectivity index (χ1) is 6.33. The van der Waals surface area contributed by atoms with E-state index in [2.05, 4.69) is 17.2 Å². The van der Waals surface area contributed by atoms with Crippen LogP contribution in [-0.4, -0.2) is 23.2 Å². The number of hydrogen-bond acceptors (Lipinski definition) is 3. The van der Waals surface area contributed by atoms with Gasteiger partial charge in [0.2, 0.25) is 0 Å². The molecule has 0 aliphatic carbocycles. The molecule has 0 bridgehead atoms. The average Bonchev–Trinajstić information content (AvgIpc) is 2.17. The van der Waals surface area contributed by atoms with E-state index >= 15 is 0 Å². The third kappa shape index (κ3) is 3.90. The predicted molar refractivity (Wildman–Crippen MR) is 53.6 cm³/mol. The summed E-state index contributed by atoms with van der Waals surface area (Å²) in [6, 6.07) is 5.78. The molecule has 3 heteroatoms. The molecule has 0 fully saturated rings. The lowest BCUT2D eigenvalue weighted by atomic mass is 10.1. The highest BCUT2D eigenvalue weighted by Crippen LogP contribution is 2.04. The van der Waals surface area contributed by atoms with Gasteiger partial charge in [0.25, 0.3) is 0 Å². The van der Waals surface area contributed by atoms with Gasteiger partial charge in [-0.1, -0.05) is 13.0 Å². The fourth-order valence-electron chi connectivity index (χ4n) is 1.07. The highest BCUT2D eigenvalue weighted by molar-refractivity contribution is 5.32. The summed E-state index contributed by atoms with van der Waals surface area (Å²) in [6.07, 6.45) is 2.60. The number of aliphatic hydroxyl groups is 1. The summed E-state index contributed by atoms with van der Waals surface area (Å²) in [4.78, 5) is 4.14. The summed E-state index contributed by atoms with van der Waals surface area (Å²) in [6.45, 7) is 3.22. The van der Waals surface area contributed by atoms with E-state index in [1.165, 1.54) is 0 Å².